The number of fused-ring (bicyclic) bond motifs is 1. The SMILES string of the molecule is O=C(Nc1ccc2nc(Cc3cc(Cl)cc(Cl)c3)sc2c1)c1cscn1. The molecule has 0 saturated carbocycles. The van der Waals surface area contributed by atoms with Gasteiger partial charge in [0.05, 0.1) is 20.7 Å². The van der Waals surface area contributed by atoms with Crippen molar-refractivity contribution >= 4 is 67.7 Å². The monoisotopic (exact) mass is 419 g/mol. The summed E-state index contributed by atoms with van der Waals surface area (Å²) in [5, 5.41) is 6.76. The molecule has 0 saturated heterocycles. The number of aromatic nitrogens is 2. The molecular formula is C18H11Cl2N3OS2. The van der Waals surface area contributed by atoms with Crippen LogP contribution >= 0.6 is 45.9 Å². The summed E-state index contributed by atoms with van der Waals surface area (Å²) in [6, 6.07) is 11.1. The smallest absolute Gasteiger partial charge is 0.275 e. The number of halogens is 2. The van der Waals surface area contributed by atoms with Crippen LogP contribution in [0.1, 0.15) is 21.1 Å². The Bertz CT molecular complexity index is 1070. The Morgan fingerprint density at radius 3 is 2.65 bits per heavy atom. The van der Waals surface area contributed by atoms with E-state index < -0.39 is 0 Å². The highest BCUT2D eigenvalue weighted by molar-refractivity contribution is 7.18. The maximum atomic E-state index is 12.1. The van der Waals surface area contributed by atoms with E-state index in [9.17, 15) is 4.79 Å². The number of benzene rings is 2. The van der Waals surface area contributed by atoms with Crippen LogP contribution in [0.25, 0.3) is 10.2 Å². The Kier molecular flexibility index (Phi) is 4.91. The van der Waals surface area contributed by atoms with Gasteiger partial charge in [-0.1, -0.05) is 23.2 Å². The van der Waals surface area contributed by atoms with Gasteiger partial charge in [-0.05, 0) is 42.0 Å². The van der Waals surface area contributed by atoms with Gasteiger partial charge in [0.2, 0.25) is 0 Å². The average Bonchev–Trinajstić information content (AvgIpc) is 3.22. The van der Waals surface area contributed by atoms with E-state index >= 15 is 0 Å². The van der Waals surface area contributed by atoms with Crippen LogP contribution in [0.3, 0.4) is 0 Å². The van der Waals surface area contributed by atoms with E-state index in [4.69, 9.17) is 23.2 Å². The number of thiazole rings is 2. The molecule has 0 radical (unpaired) electrons. The second kappa shape index (κ2) is 7.32. The molecule has 0 unspecified atom stereocenters. The van der Waals surface area contributed by atoms with Crippen LogP contribution in [0.2, 0.25) is 10.0 Å². The lowest BCUT2D eigenvalue weighted by molar-refractivity contribution is 0.102. The molecule has 2 heterocycles. The Balaban J connectivity index is 1.56. The zero-order valence-electron chi connectivity index (χ0n) is 13.2. The highest BCUT2D eigenvalue weighted by atomic mass is 35.5. The normalized spacial score (nSPS) is 11.0. The Hall–Kier alpha value is -1.99. The lowest BCUT2D eigenvalue weighted by atomic mass is 10.1. The molecule has 2 aromatic heterocycles. The van der Waals surface area contributed by atoms with Gasteiger partial charge in [0.15, 0.2) is 0 Å². The van der Waals surface area contributed by atoms with E-state index in [2.05, 4.69) is 15.3 Å². The van der Waals surface area contributed by atoms with E-state index in [0.717, 1.165) is 26.5 Å². The fraction of sp³-hybridized carbons (Fsp3) is 0.0556. The number of nitrogens with one attached hydrogen (secondary N) is 1. The number of amides is 1. The summed E-state index contributed by atoms with van der Waals surface area (Å²) in [4.78, 5) is 20.8. The van der Waals surface area contributed by atoms with Crippen molar-refractivity contribution in [2.45, 2.75) is 6.42 Å². The molecule has 0 fully saturated rings. The van der Waals surface area contributed by atoms with Gasteiger partial charge >= 0.3 is 0 Å². The fourth-order valence-electron chi connectivity index (χ4n) is 2.53. The van der Waals surface area contributed by atoms with Gasteiger partial charge < -0.3 is 5.32 Å². The first-order chi connectivity index (χ1) is 12.6. The van der Waals surface area contributed by atoms with E-state index in [1.807, 2.05) is 30.3 Å². The molecular weight excluding hydrogens is 409 g/mol. The number of hydrogen-bond donors (Lipinski definition) is 1. The molecule has 0 spiro atoms. The van der Waals surface area contributed by atoms with E-state index in [0.29, 0.717) is 22.2 Å². The van der Waals surface area contributed by atoms with Gasteiger partial charge in [0.1, 0.15) is 5.69 Å². The standard InChI is InChI=1S/C18H11Cl2N3OS2/c19-11-3-10(4-12(20)6-11)5-17-23-14-2-1-13(7-16(14)26-17)22-18(24)15-8-25-9-21-15/h1-4,6-9H,5H2,(H,22,24). The van der Waals surface area contributed by atoms with Crippen LogP contribution in [0.15, 0.2) is 47.3 Å². The number of carbonyl (C=O) groups excluding carboxylic acids is 1. The molecule has 8 heteroatoms. The van der Waals surface area contributed by atoms with Crippen molar-refractivity contribution in [2.75, 3.05) is 5.32 Å². The van der Waals surface area contributed by atoms with Crippen LogP contribution in [-0.2, 0) is 6.42 Å². The van der Waals surface area contributed by atoms with Gasteiger partial charge in [-0.2, -0.15) is 0 Å². The summed E-state index contributed by atoms with van der Waals surface area (Å²) in [6.07, 6.45) is 0.653. The minimum Gasteiger partial charge on any atom is -0.321 e. The van der Waals surface area contributed by atoms with Crippen molar-refractivity contribution in [1.82, 2.24) is 9.97 Å². The molecule has 2 aromatic carbocycles. The number of nitrogens with zero attached hydrogens (tertiary/aromatic N) is 2. The van der Waals surface area contributed by atoms with Crippen molar-refractivity contribution in [3.05, 3.63) is 73.6 Å². The van der Waals surface area contributed by atoms with Gasteiger partial charge in [0, 0.05) is 27.5 Å². The summed E-state index contributed by atoms with van der Waals surface area (Å²) in [7, 11) is 0. The minimum absolute atomic E-state index is 0.219. The van der Waals surface area contributed by atoms with Crippen LogP contribution in [0.4, 0.5) is 5.69 Å². The molecule has 0 aliphatic carbocycles. The molecule has 0 aliphatic heterocycles. The molecule has 130 valence electrons. The van der Waals surface area contributed by atoms with Gasteiger partial charge in [-0.15, -0.1) is 22.7 Å². The van der Waals surface area contributed by atoms with E-state index in [1.54, 1.807) is 28.3 Å². The number of carbonyl (C=O) groups is 1. The van der Waals surface area contributed by atoms with Gasteiger partial charge in [-0.3, -0.25) is 4.79 Å². The molecule has 0 aliphatic rings. The zero-order valence-corrected chi connectivity index (χ0v) is 16.3. The highest BCUT2D eigenvalue weighted by Crippen LogP contribution is 2.28. The summed E-state index contributed by atoms with van der Waals surface area (Å²) in [6.45, 7) is 0. The van der Waals surface area contributed by atoms with Crippen LogP contribution in [-0.4, -0.2) is 15.9 Å². The molecule has 4 aromatic rings. The third-order valence-corrected chi connectivity index (χ3v) is 5.67. The van der Waals surface area contributed by atoms with Crippen LogP contribution < -0.4 is 5.32 Å². The summed E-state index contributed by atoms with van der Waals surface area (Å²) in [5.74, 6) is -0.219. The first-order valence-corrected chi connectivity index (χ1v) is 10.1. The second-order valence-electron chi connectivity index (χ2n) is 5.57. The van der Waals surface area contributed by atoms with E-state index in [1.165, 1.54) is 11.3 Å². The van der Waals surface area contributed by atoms with Crippen molar-refractivity contribution in [3.8, 4) is 0 Å². The van der Waals surface area contributed by atoms with Crippen molar-refractivity contribution in [1.29, 1.82) is 0 Å². The first-order valence-electron chi connectivity index (χ1n) is 7.61. The highest BCUT2D eigenvalue weighted by Gasteiger charge is 2.10. The van der Waals surface area contributed by atoms with Crippen LogP contribution in [0.5, 0.6) is 0 Å². The number of hydrogen-bond acceptors (Lipinski definition) is 5. The molecule has 4 rings (SSSR count). The average molecular weight is 420 g/mol. The summed E-state index contributed by atoms with van der Waals surface area (Å²) < 4.78 is 1.00. The molecule has 1 N–H and O–H groups in total. The predicted molar refractivity (Wildman–Crippen MR) is 109 cm³/mol. The lowest BCUT2D eigenvalue weighted by Gasteiger charge is -2.02. The van der Waals surface area contributed by atoms with Crippen LogP contribution in [0, 0.1) is 0 Å². The van der Waals surface area contributed by atoms with Crippen molar-refractivity contribution < 1.29 is 4.79 Å². The summed E-state index contributed by atoms with van der Waals surface area (Å²) in [5.41, 5.74) is 4.67. The maximum Gasteiger partial charge on any atom is 0.275 e. The third-order valence-electron chi connectivity index (χ3n) is 3.63. The fourth-order valence-corrected chi connectivity index (χ4v) is 4.68. The maximum absolute atomic E-state index is 12.1. The van der Waals surface area contributed by atoms with Crippen molar-refractivity contribution in [2.24, 2.45) is 0 Å². The largest absolute Gasteiger partial charge is 0.321 e. The minimum atomic E-state index is -0.219. The van der Waals surface area contributed by atoms with Gasteiger partial charge in [-0.25, -0.2) is 9.97 Å². The Morgan fingerprint density at radius 1 is 1.12 bits per heavy atom. The number of rotatable bonds is 4. The van der Waals surface area contributed by atoms with Gasteiger partial charge in [0.25, 0.3) is 5.91 Å². The first kappa shape index (κ1) is 17.4. The summed E-state index contributed by atoms with van der Waals surface area (Å²) >= 11 is 15.1. The third kappa shape index (κ3) is 3.88. The van der Waals surface area contributed by atoms with Crippen molar-refractivity contribution in [3.63, 3.8) is 0 Å². The Labute approximate surface area is 167 Å². The molecule has 1 amide bonds. The zero-order chi connectivity index (χ0) is 18.1. The molecule has 0 atom stereocenters. The second-order valence-corrected chi connectivity index (χ2v) is 8.28. The molecule has 26 heavy (non-hydrogen) atoms. The predicted octanol–water partition coefficient (Wildman–Crippen LogP) is 5.90. The Morgan fingerprint density at radius 2 is 1.92 bits per heavy atom. The molecule has 0 bridgehead atoms. The quantitative estimate of drug-likeness (QED) is 0.447. The lowest BCUT2D eigenvalue weighted by Crippen LogP contribution is -2.11. The van der Waals surface area contributed by atoms with E-state index in [-0.39, 0.29) is 5.91 Å². The molecule has 4 nitrogen and oxygen atoms in total. The topological polar surface area (TPSA) is 54.9 Å². The number of anilines is 1.